The lowest BCUT2D eigenvalue weighted by molar-refractivity contribution is -0.139. The van der Waals surface area contributed by atoms with E-state index >= 15 is 0 Å². The molecule has 5 nitrogen and oxygen atoms in total. The van der Waals surface area contributed by atoms with Crippen LogP contribution in [-0.4, -0.2) is 26.4 Å². The van der Waals surface area contributed by atoms with Crippen LogP contribution in [0.2, 0.25) is 0 Å². The molecule has 0 aliphatic rings. The van der Waals surface area contributed by atoms with Crippen LogP contribution in [0, 0.1) is 5.82 Å². The number of halogens is 1. The summed E-state index contributed by atoms with van der Waals surface area (Å²) >= 11 is -1.57. The van der Waals surface area contributed by atoms with Crippen molar-refractivity contribution in [1.29, 1.82) is 0 Å². The van der Waals surface area contributed by atoms with Gasteiger partial charge in [-0.25, -0.2) is 4.39 Å². The summed E-state index contributed by atoms with van der Waals surface area (Å²) in [5.41, 5.74) is 5.67. The van der Waals surface area contributed by atoms with Gasteiger partial charge in [0.15, 0.2) is 0 Å². The van der Waals surface area contributed by atoms with Gasteiger partial charge in [0.2, 0.25) is 0 Å². The maximum atomic E-state index is 13.8. The molecule has 0 radical (unpaired) electrons. The molecule has 3 unspecified atom stereocenters. The molecule has 0 amide bonds. The maximum Gasteiger partial charge on any atom is 0.322 e. The van der Waals surface area contributed by atoms with Crippen molar-refractivity contribution in [1.82, 2.24) is 4.72 Å². The van der Waals surface area contributed by atoms with Gasteiger partial charge in [0.25, 0.3) is 0 Å². The van der Waals surface area contributed by atoms with Crippen LogP contribution in [0.1, 0.15) is 32.4 Å². The number of rotatable bonds is 5. The molecule has 0 heterocycles. The van der Waals surface area contributed by atoms with Gasteiger partial charge < -0.3 is 15.4 Å². The van der Waals surface area contributed by atoms with Gasteiger partial charge in [-0.2, -0.15) is 0 Å². The highest BCUT2D eigenvalue weighted by molar-refractivity contribution is 7.90. The molecule has 0 saturated heterocycles. The van der Waals surface area contributed by atoms with E-state index < -0.39 is 40.0 Å². The number of carboxylic acid groups (broad SMARTS) is 1. The van der Waals surface area contributed by atoms with Gasteiger partial charge in [0, 0.05) is 16.9 Å². The summed E-state index contributed by atoms with van der Waals surface area (Å²) in [5, 5.41) is 9.03. The number of hydrogen-bond acceptors (Lipinski definition) is 4. The minimum atomic E-state index is -1.57. The normalized spacial score (nSPS) is 16.5. The molecular weight excluding hydrogens is 283 g/mol. The average molecular weight is 302 g/mol. The van der Waals surface area contributed by atoms with E-state index in [-0.39, 0.29) is 5.56 Å². The Bertz CT molecular complexity index is 479. The molecule has 0 saturated carbocycles. The van der Waals surface area contributed by atoms with Crippen molar-refractivity contribution in [2.24, 2.45) is 5.73 Å². The first kappa shape index (κ1) is 16.9. The summed E-state index contributed by atoms with van der Waals surface area (Å²) in [6, 6.07) is 3.21. The fourth-order valence-corrected chi connectivity index (χ4v) is 2.35. The van der Waals surface area contributed by atoms with Gasteiger partial charge in [0.05, 0.1) is 0 Å². The van der Waals surface area contributed by atoms with Crippen LogP contribution in [0.3, 0.4) is 0 Å². The highest BCUT2D eigenvalue weighted by Crippen LogP contribution is 2.24. The van der Waals surface area contributed by atoms with Crippen LogP contribution in [-0.2, 0) is 16.2 Å². The van der Waals surface area contributed by atoms with Gasteiger partial charge in [-0.15, -0.1) is 4.72 Å². The van der Waals surface area contributed by atoms with Crippen molar-refractivity contribution < 1.29 is 18.8 Å². The Morgan fingerprint density at radius 3 is 2.45 bits per heavy atom. The standard InChI is InChI=1S/C13H19FN2O3S/c1-13(2,3)20(19)16-11(10(15)12(17)18)8-6-4-5-7-9(8)14/h4-7,10-11,16H,15H2,1-3H3,(H,17,18). The van der Waals surface area contributed by atoms with Crippen molar-refractivity contribution in [3.8, 4) is 0 Å². The van der Waals surface area contributed by atoms with Crippen LogP contribution in [0.4, 0.5) is 4.39 Å². The molecule has 112 valence electrons. The first-order chi connectivity index (χ1) is 9.14. The number of aliphatic carboxylic acids is 1. The fourth-order valence-electron chi connectivity index (χ4n) is 1.49. The maximum absolute atomic E-state index is 13.8. The van der Waals surface area contributed by atoms with E-state index in [1.807, 2.05) is 0 Å². The van der Waals surface area contributed by atoms with E-state index in [4.69, 9.17) is 10.8 Å². The van der Waals surface area contributed by atoms with Crippen molar-refractivity contribution in [3.05, 3.63) is 35.6 Å². The predicted octanol–water partition coefficient (Wildman–Crippen LogP) is 1.33. The van der Waals surface area contributed by atoms with E-state index in [1.54, 1.807) is 26.8 Å². The number of nitrogens with two attached hydrogens (primary N) is 1. The molecule has 0 bridgehead atoms. The van der Waals surface area contributed by atoms with Crippen LogP contribution in [0.15, 0.2) is 24.3 Å². The Balaban J connectivity index is 3.10. The van der Waals surface area contributed by atoms with Gasteiger partial charge in [0.1, 0.15) is 22.6 Å². The third kappa shape index (κ3) is 4.17. The van der Waals surface area contributed by atoms with E-state index in [0.29, 0.717) is 0 Å². The van der Waals surface area contributed by atoms with Crippen LogP contribution < -0.4 is 10.5 Å². The predicted molar refractivity (Wildman–Crippen MR) is 75.8 cm³/mol. The quantitative estimate of drug-likeness (QED) is 0.713. The van der Waals surface area contributed by atoms with Crippen LogP contribution in [0.25, 0.3) is 0 Å². The SMILES string of the molecule is CC(C)(C)[S+]([O-])NC(c1ccccc1F)C(N)C(=O)O. The molecule has 0 aromatic heterocycles. The van der Waals surface area contributed by atoms with E-state index in [2.05, 4.69) is 4.72 Å². The molecule has 0 fully saturated rings. The van der Waals surface area contributed by atoms with Gasteiger partial charge in [-0.1, -0.05) is 18.2 Å². The molecule has 4 N–H and O–H groups in total. The van der Waals surface area contributed by atoms with E-state index in [9.17, 15) is 13.7 Å². The minimum absolute atomic E-state index is 0.0833. The summed E-state index contributed by atoms with van der Waals surface area (Å²) in [5.74, 6) is -1.88. The summed E-state index contributed by atoms with van der Waals surface area (Å²) in [6.45, 7) is 5.17. The Morgan fingerprint density at radius 1 is 1.45 bits per heavy atom. The van der Waals surface area contributed by atoms with Crippen LogP contribution >= 0.6 is 0 Å². The topological polar surface area (TPSA) is 98.4 Å². The number of carbonyl (C=O) groups is 1. The van der Waals surface area contributed by atoms with Crippen molar-refractivity contribution in [2.45, 2.75) is 37.6 Å². The minimum Gasteiger partial charge on any atom is -0.598 e. The molecule has 1 aromatic rings. The Kier molecular flexibility index (Phi) is 5.52. The Hall–Kier alpha value is -1.15. The van der Waals surface area contributed by atoms with Crippen molar-refractivity contribution >= 4 is 17.3 Å². The van der Waals surface area contributed by atoms with Crippen LogP contribution in [0.5, 0.6) is 0 Å². The van der Waals surface area contributed by atoms with Crippen molar-refractivity contribution in [3.63, 3.8) is 0 Å². The molecular formula is C13H19FN2O3S. The number of nitrogens with one attached hydrogen (secondary N) is 1. The lowest BCUT2D eigenvalue weighted by atomic mass is 10.0. The second kappa shape index (κ2) is 6.53. The molecule has 1 aromatic carbocycles. The first-order valence-electron chi connectivity index (χ1n) is 6.05. The molecule has 3 atom stereocenters. The second-order valence-electron chi connectivity index (χ2n) is 5.36. The largest absolute Gasteiger partial charge is 0.598 e. The summed E-state index contributed by atoms with van der Waals surface area (Å²) in [6.07, 6.45) is 0. The molecule has 0 spiro atoms. The number of hydrogen-bond donors (Lipinski definition) is 3. The lowest BCUT2D eigenvalue weighted by Crippen LogP contribution is -2.49. The second-order valence-corrected chi connectivity index (χ2v) is 7.36. The number of carboxylic acids is 1. The zero-order valence-corrected chi connectivity index (χ0v) is 12.4. The first-order valence-corrected chi connectivity index (χ1v) is 7.20. The van der Waals surface area contributed by atoms with Gasteiger partial charge >= 0.3 is 5.97 Å². The third-order valence-corrected chi connectivity index (χ3v) is 4.26. The van der Waals surface area contributed by atoms with Crippen molar-refractivity contribution in [2.75, 3.05) is 0 Å². The highest BCUT2D eigenvalue weighted by atomic mass is 32.2. The zero-order valence-electron chi connectivity index (χ0n) is 11.6. The number of benzene rings is 1. The average Bonchev–Trinajstić information content (AvgIpc) is 2.34. The highest BCUT2D eigenvalue weighted by Gasteiger charge is 2.36. The van der Waals surface area contributed by atoms with E-state index in [0.717, 1.165) is 0 Å². The van der Waals surface area contributed by atoms with E-state index in [1.165, 1.54) is 18.2 Å². The van der Waals surface area contributed by atoms with Gasteiger partial charge in [-0.05, 0) is 26.8 Å². The fraction of sp³-hybridized carbons (Fsp3) is 0.462. The smallest absolute Gasteiger partial charge is 0.322 e. The molecule has 1 rings (SSSR count). The Morgan fingerprint density at radius 2 is 2.00 bits per heavy atom. The molecule has 7 heteroatoms. The third-order valence-electron chi connectivity index (χ3n) is 2.67. The summed E-state index contributed by atoms with van der Waals surface area (Å²) in [7, 11) is 0. The summed E-state index contributed by atoms with van der Waals surface area (Å²) < 4.78 is 27.9. The zero-order chi connectivity index (χ0) is 15.5. The molecule has 0 aliphatic heterocycles. The lowest BCUT2D eigenvalue weighted by Gasteiger charge is -2.29. The monoisotopic (exact) mass is 302 g/mol. The summed E-state index contributed by atoms with van der Waals surface area (Å²) in [4.78, 5) is 11.1. The van der Waals surface area contributed by atoms with Gasteiger partial charge in [-0.3, -0.25) is 4.79 Å². The molecule has 0 aliphatic carbocycles. The Labute approximate surface area is 120 Å². The molecule has 20 heavy (non-hydrogen) atoms.